The molecule has 1 aromatic rings. The van der Waals surface area contributed by atoms with Gasteiger partial charge < -0.3 is 5.32 Å². The van der Waals surface area contributed by atoms with Gasteiger partial charge in [0, 0.05) is 21.2 Å². The molecule has 0 amide bonds. The predicted molar refractivity (Wildman–Crippen MR) is 65.0 cm³/mol. The normalized spacial score (nSPS) is 25.6. The highest BCUT2D eigenvalue weighted by molar-refractivity contribution is 9.10. The SMILES string of the molecule is CC1CC(Nc2ccc(Cl)cc2Br)C1. The maximum absolute atomic E-state index is 5.87. The van der Waals surface area contributed by atoms with E-state index in [2.05, 4.69) is 28.2 Å². The zero-order valence-electron chi connectivity index (χ0n) is 8.06. The fraction of sp³-hybridized carbons (Fsp3) is 0.455. The van der Waals surface area contributed by atoms with Crippen LogP contribution in [0.1, 0.15) is 19.8 Å². The highest BCUT2D eigenvalue weighted by Gasteiger charge is 2.25. The van der Waals surface area contributed by atoms with Gasteiger partial charge in [0.05, 0.1) is 0 Å². The summed E-state index contributed by atoms with van der Waals surface area (Å²) in [4.78, 5) is 0. The van der Waals surface area contributed by atoms with Gasteiger partial charge in [-0.3, -0.25) is 0 Å². The van der Waals surface area contributed by atoms with Crippen LogP contribution in [0.3, 0.4) is 0 Å². The number of anilines is 1. The van der Waals surface area contributed by atoms with Crippen LogP contribution < -0.4 is 5.32 Å². The summed E-state index contributed by atoms with van der Waals surface area (Å²) in [6, 6.07) is 6.50. The van der Waals surface area contributed by atoms with Gasteiger partial charge in [-0.1, -0.05) is 18.5 Å². The second-order valence-corrected chi connectivity index (χ2v) is 5.33. The fourth-order valence-corrected chi connectivity index (χ4v) is 2.64. The van der Waals surface area contributed by atoms with Crippen LogP contribution in [0.15, 0.2) is 22.7 Å². The summed E-state index contributed by atoms with van der Waals surface area (Å²) in [5, 5.41) is 4.27. The Labute approximate surface area is 98.0 Å². The second kappa shape index (κ2) is 4.11. The summed E-state index contributed by atoms with van der Waals surface area (Å²) in [5.41, 5.74) is 1.14. The maximum atomic E-state index is 5.87. The molecule has 0 bridgehead atoms. The third-order valence-electron chi connectivity index (χ3n) is 2.66. The first kappa shape index (κ1) is 10.3. The Kier molecular flexibility index (Phi) is 3.03. The van der Waals surface area contributed by atoms with Crippen LogP contribution in [0.4, 0.5) is 5.69 Å². The molecule has 0 heterocycles. The van der Waals surface area contributed by atoms with E-state index < -0.39 is 0 Å². The van der Waals surface area contributed by atoms with Crippen LogP contribution in [0, 0.1) is 5.92 Å². The average molecular weight is 275 g/mol. The minimum atomic E-state index is 0.641. The zero-order valence-corrected chi connectivity index (χ0v) is 10.4. The van der Waals surface area contributed by atoms with E-state index in [9.17, 15) is 0 Å². The fourth-order valence-electron chi connectivity index (χ4n) is 1.85. The summed E-state index contributed by atoms with van der Waals surface area (Å²) in [6.07, 6.45) is 2.55. The highest BCUT2D eigenvalue weighted by atomic mass is 79.9. The molecule has 1 N–H and O–H groups in total. The van der Waals surface area contributed by atoms with Gasteiger partial charge >= 0.3 is 0 Å². The lowest BCUT2D eigenvalue weighted by atomic mass is 9.82. The summed E-state index contributed by atoms with van der Waals surface area (Å²) in [7, 11) is 0. The van der Waals surface area contributed by atoms with Gasteiger partial charge in [-0.25, -0.2) is 0 Å². The van der Waals surface area contributed by atoms with Crippen molar-refractivity contribution >= 4 is 33.2 Å². The van der Waals surface area contributed by atoms with Gasteiger partial charge in [-0.15, -0.1) is 0 Å². The van der Waals surface area contributed by atoms with E-state index in [0.29, 0.717) is 6.04 Å². The number of nitrogens with one attached hydrogen (secondary N) is 1. The van der Waals surface area contributed by atoms with Crippen molar-refractivity contribution < 1.29 is 0 Å². The van der Waals surface area contributed by atoms with Crippen molar-refractivity contribution in [3.63, 3.8) is 0 Å². The van der Waals surface area contributed by atoms with E-state index in [1.807, 2.05) is 18.2 Å². The Hall–Kier alpha value is -0.210. The number of hydrogen-bond acceptors (Lipinski definition) is 1. The lowest BCUT2D eigenvalue weighted by molar-refractivity contribution is 0.309. The monoisotopic (exact) mass is 273 g/mol. The van der Waals surface area contributed by atoms with E-state index in [-0.39, 0.29) is 0 Å². The highest BCUT2D eigenvalue weighted by Crippen LogP contribution is 2.33. The molecule has 1 aromatic carbocycles. The van der Waals surface area contributed by atoms with E-state index in [1.54, 1.807) is 0 Å². The van der Waals surface area contributed by atoms with E-state index in [0.717, 1.165) is 21.1 Å². The molecular formula is C11H13BrClN. The molecule has 76 valence electrons. The summed E-state index contributed by atoms with van der Waals surface area (Å²) < 4.78 is 1.05. The summed E-state index contributed by atoms with van der Waals surface area (Å²) >= 11 is 9.36. The van der Waals surface area contributed by atoms with Gasteiger partial charge in [0.25, 0.3) is 0 Å². The molecule has 0 aromatic heterocycles. The van der Waals surface area contributed by atoms with Crippen molar-refractivity contribution in [3.05, 3.63) is 27.7 Å². The predicted octanol–water partition coefficient (Wildman–Crippen LogP) is 4.31. The van der Waals surface area contributed by atoms with Crippen molar-refractivity contribution in [2.24, 2.45) is 5.92 Å². The first-order chi connectivity index (χ1) is 6.65. The molecule has 0 unspecified atom stereocenters. The molecule has 0 radical (unpaired) electrons. The van der Waals surface area contributed by atoms with Gasteiger partial charge in [0.1, 0.15) is 0 Å². The Morgan fingerprint density at radius 1 is 1.43 bits per heavy atom. The summed E-state index contributed by atoms with van der Waals surface area (Å²) in [6.45, 7) is 2.29. The lowest BCUT2D eigenvalue weighted by Crippen LogP contribution is -2.33. The van der Waals surface area contributed by atoms with Crippen molar-refractivity contribution in [1.82, 2.24) is 0 Å². The zero-order chi connectivity index (χ0) is 10.1. The smallest absolute Gasteiger partial charge is 0.0487 e. The number of halogens is 2. The quantitative estimate of drug-likeness (QED) is 0.847. The molecular weight excluding hydrogens is 261 g/mol. The molecule has 1 aliphatic carbocycles. The molecule has 14 heavy (non-hydrogen) atoms. The lowest BCUT2D eigenvalue weighted by Gasteiger charge is -2.34. The van der Waals surface area contributed by atoms with Crippen molar-refractivity contribution in [3.8, 4) is 0 Å². The van der Waals surface area contributed by atoms with Crippen LogP contribution in [-0.2, 0) is 0 Å². The molecule has 0 atom stereocenters. The first-order valence-corrected chi connectivity index (χ1v) is 6.04. The third-order valence-corrected chi connectivity index (χ3v) is 3.56. The van der Waals surface area contributed by atoms with Crippen LogP contribution in [0.5, 0.6) is 0 Å². The van der Waals surface area contributed by atoms with Gasteiger partial charge in [-0.2, -0.15) is 0 Å². The molecule has 3 heteroatoms. The van der Waals surface area contributed by atoms with Gasteiger partial charge in [-0.05, 0) is 52.9 Å². The van der Waals surface area contributed by atoms with Crippen LogP contribution in [-0.4, -0.2) is 6.04 Å². The Morgan fingerprint density at radius 3 is 2.71 bits per heavy atom. The van der Waals surface area contributed by atoms with Crippen molar-refractivity contribution in [1.29, 1.82) is 0 Å². The number of benzene rings is 1. The largest absolute Gasteiger partial charge is 0.381 e. The number of rotatable bonds is 2. The molecule has 2 rings (SSSR count). The Morgan fingerprint density at radius 2 is 2.14 bits per heavy atom. The molecule has 0 saturated heterocycles. The molecule has 1 fully saturated rings. The minimum absolute atomic E-state index is 0.641. The molecule has 0 spiro atoms. The molecule has 0 aliphatic heterocycles. The molecule has 1 nitrogen and oxygen atoms in total. The van der Waals surface area contributed by atoms with Crippen LogP contribution >= 0.6 is 27.5 Å². The summed E-state index contributed by atoms with van der Waals surface area (Å²) in [5.74, 6) is 0.874. The van der Waals surface area contributed by atoms with Crippen LogP contribution in [0.25, 0.3) is 0 Å². The first-order valence-electron chi connectivity index (χ1n) is 4.87. The van der Waals surface area contributed by atoms with Crippen molar-refractivity contribution in [2.75, 3.05) is 5.32 Å². The standard InChI is InChI=1S/C11H13BrClN/c1-7-4-9(5-7)14-11-3-2-8(13)6-10(11)12/h2-3,6-7,9,14H,4-5H2,1H3. The number of hydrogen-bond donors (Lipinski definition) is 1. The Balaban J connectivity index is 2.02. The average Bonchev–Trinajstić information content (AvgIpc) is 2.06. The van der Waals surface area contributed by atoms with E-state index >= 15 is 0 Å². The molecule has 1 aliphatic rings. The molecule has 1 saturated carbocycles. The van der Waals surface area contributed by atoms with Crippen LogP contribution in [0.2, 0.25) is 5.02 Å². The van der Waals surface area contributed by atoms with E-state index in [4.69, 9.17) is 11.6 Å². The maximum Gasteiger partial charge on any atom is 0.0487 e. The topological polar surface area (TPSA) is 12.0 Å². The van der Waals surface area contributed by atoms with E-state index in [1.165, 1.54) is 12.8 Å². The Bertz CT molecular complexity index is 334. The third kappa shape index (κ3) is 2.23. The van der Waals surface area contributed by atoms with Crippen molar-refractivity contribution in [2.45, 2.75) is 25.8 Å². The minimum Gasteiger partial charge on any atom is -0.381 e. The van der Waals surface area contributed by atoms with Gasteiger partial charge in [0.2, 0.25) is 0 Å². The second-order valence-electron chi connectivity index (χ2n) is 4.04. The van der Waals surface area contributed by atoms with Gasteiger partial charge in [0.15, 0.2) is 0 Å².